The van der Waals surface area contributed by atoms with Crippen molar-refractivity contribution in [3.8, 4) is 0 Å². The first-order valence-electron chi connectivity index (χ1n) is 13.5. The third-order valence-electron chi connectivity index (χ3n) is 8.29. The van der Waals surface area contributed by atoms with Crippen molar-refractivity contribution in [2.45, 2.75) is 56.4 Å². The maximum atomic E-state index is 13.4. The maximum Gasteiger partial charge on any atom is 0.313 e. The first-order chi connectivity index (χ1) is 20.3. The van der Waals surface area contributed by atoms with Gasteiger partial charge in [0, 0.05) is 36.1 Å². The van der Waals surface area contributed by atoms with E-state index in [1.807, 2.05) is 0 Å². The van der Waals surface area contributed by atoms with E-state index in [9.17, 15) is 38.2 Å². The number of esters is 1. The highest BCUT2D eigenvalue weighted by atomic mass is 32.2. The average molecular weight is 626 g/mol. The Hall–Kier alpha value is -3.87. The van der Waals surface area contributed by atoms with Crippen molar-refractivity contribution in [2.75, 3.05) is 32.9 Å². The Morgan fingerprint density at radius 1 is 1.19 bits per heavy atom. The molecule has 0 amide bonds. The lowest BCUT2D eigenvalue weighted by atomic mass is 9.35. The van der Waals surface area contributed by atoms with Gasteiger partial charge < -0.3 is 24.9 Å². The number of nitrogens with zero attached hydrogens (tertiary/aromatic N) is 4. The monoisotopic (exact) mass is 625 g/mol. The molecule has 4 fully saturated rings. The van der Waals surface area contributed by atoms with Crippen LogP contribution in [-0.4, -0.2) is 78.5 Å². The fourth-order valence-electron chi connectivity index (χ4n) is 6.48. The van der Waals surface area contributed by atoms with Gasteiger partial charge in [-0.25, -0.2) is 8.42 Å². The molecule has 2 aromatic rings. The van der Waals surface area contributed by atoms with Gasteiger partial charge in [-0.15, -0.1) is 20.2 Å². The molecule has 1 aromatic carbocycles. The smallest absolute Gasteiger partial charge is 0.313 e. The molecule has 0 radical (unpaired) electrons. The molecule has 1 unspecified atom stereocenters. The molecule has 2 N–H and O–H groups in total. The number of carbonyl (C=O) groups is 1. The molecular formula is C25H31N5O12S. The fourth-order valence-corrected chi connectivity index (χ4v) is 8.27. The SMILES string of the molecule is Cc1cn(COC(=O)C23CC(COCC(CO[N+](=O)[O-])O[N+](=O)[O-])(C2)C3)c(=O)c2cccc(S(=O)(=O)N3CC[C@H](N)C3)c12. The highest BCUT2D eigenvalue weighted by Crippen LogP contribution is 2.73. The van der Waals surface area contributed by atoms with Gasteiger partial charge in [0.05, 0.1) is 23.5 Å². The van der Waals surface area contributed by atoms with Crippen LogP contribution in [0.3, 0.4) is 0 Å². The van der Waals surface area contributed by atoms with Crippen molar-refractivity contribution in [3.63, 3.8) is 0 Å². The lowest BCUT2D eigenvalue weighted by Crippen LogP contribution is -2.67. The molecule has 0 spiro atoms. The van der Waals surface area contributed by atoms with Crippen molar-refractivity contribution in [1.29, 1.82) is 0 Å². The second-order valence-electron chi connectivity index (χ2n) is 11.5. The van der Waals surface area contributed by atoms with Gasteiger partial charge in [0.1, 0.15) is 6.61 Å². The molecule has 1 aliphatic heterocycles. The predicted octanol–water partition coefficient (Wildman–Crippen LogP) is 0.504. The topological polar surface area (TPSA) is 226 Å². The molecule has 43 heavy (non-hydrogen) atoms. The molecule has 2 atom stereocenters. The summed E-state index contributed by atoms with van der Waals surface area (Å²) in [6, 6.07) is 4.27. The molecule has 234 valence electrons. The largest absolute Gasteiger partial charge is 0.443 e. The second kappa shape index (κ2) is 11.3. The molecule has 2 heterocycles. The van der Waals surface area contributed by atoms with Crippen LogP contribution in [-0.2, 0) is 40.7 Å². The Kier molecular flexibility index (Phi) is 8.05. The van der Waals surface area contributed by atoms with Crippen molar-refractivity contribution >= 4 is 26.8 Å². The number of hydrogen-bond acceptors (Lipinski definition) is 13. The Morgan fingerprint density at radius 2 is 1.91 bits per heavy atom. The zero-order valence-electron chi connectivity index (χ0n) is 23.2. The van der Waals surface area contributed by atoms with Crippen LogP contribution in [0.4, 0.5) is 0 Å². The molecule has 18 heteroatoms. The Balaban J connectivity index is 1.18. The standard InChI is InChI=1S/C25H31N5O12S/c1-16-7-27(22(31)19-3-2-4-20(21(16)19)43(37,38)28-6-5-17(26)8-28)15-40-23(32)25-11-24(12-25,13-25)14-39-9-18(42-30(35)36)10-41-29(33)34/h2-4,7,17-18H,5-6,8-15,26H2,1H3/t17-,18?,24?,25?/m0/s1. The van der Waals surface area contributed by atoms with E-state index in [1.165, 1.54) is 33.3 Å². The van der Waals surface area contributed by atoms with Crippen LogP contribution < -0.4 is 11.3 Å². The van der Waals surface area contributed by atoms with Crippen molar-refractivity contribution in [1.82, 2.24) is 8.87 Å². The lowest BCUT2D eigenvalue weighted by Gasteiger charge is -2.68. The summed E-state index contributed by atoms with van der Waals surface area (Å²) in [6.45, 7) is 1.02. The van der Waals surface area contributed by atoms with Crippen LogP contribution in [0, 0.1) is 38.0 Å². The molecule has 1 saturated heterocycles. The van der Waals surface area contributed by atoms with E-state index in [-0.39, 0.29) is 48.2 Å². The summed E-state index contributed by atoms with van der Waals surface area (Å²) in [5, 5.41) is 19.3. The minimum absolute atomic E-state index is 0.0285. The van der Waals surface area contributed by atoms with Crippen LogP contribution in [0.1, 0.15) is 31.2 Å². The van der Waals surface area contributed by atoms with Gasteiger partial charge in [-0.05, 0) is 55.7 Å². The van der Waals surface area contributed by atoms with Crippen LogP contribution >= 0.6 is 0 Å². The van der Waals surface area contributed by atoms with E-state index in [4.69, 9.17) is 15.2 Å². The van der Waals surface area contributed by atoms with Gasteiger partial charge >= 0.3 is 5.97 Å². The van der Waals surface area contributed by atoms with E-state index in [1.54, 1.807) is 6.92 Å². The molecule has 17 nitrogen and oxygen atoms in total. The summed E-state index contributed by atoms with van der Waals surface area (Å²) in [5.74, 6) is -0.477. The van der Waals surface area contributed by atoms with E-state index in [2.05, 4.69) is 9.68 Å². The van der Waals surface area contributed by atoms with Crippen molar-refractivity contribution in [2.24, 2.45) is 16.6 Å². The molecule has 6 rings (SSSR count). The summed E-state index contributed by atoms with van der Waals surface area (Å²) < 4.78 is 40.2. The highest BCUT2D eigenvalue weighted by molar-refractivity contribution is 7.89. The molecule has 3 aliphatic carbocycles. The van der Waals surface area contributed by atoms with E-state index >= 15 is 0 Å². The number of nitrogens with two attached hydrogens (primary N) is 1. The van der Waals surface area contributed by atoms with E-state index in [0.29, 0.717) is 43.2 Å². The Labute approximate surface area is 244 Å². The third-order valence-corrected chi connectivity index (χ3v) is 10.2. The summed E-state index contributed by atoms with van der Waals surface area (Å²) in [5.41, 5.74) is 4.89. The number of pyridine rings is 1. The van der Waals surface area contributed by atoms with Crippen LogP contribution in [0.5, 0.6) is 0 Å². The van der Waals surface area contributed by atoms with E-state index < -0.39 is 49.9 Å². The van der Waals surface area contributed by atoms with Crippen LogP contribution in [0.2, 0.25) is 0 Å². The maximum absolute atomic E-state index is 13.4. The summed E-state index contributed by atoms with van der Waals surface area (Å²) in [6.07, 6.45) is 2.10. The lowest BCUT2D eigenvalue weighted by molar-refractivity contribution is -0.790. The zero-order valence-corrected chi connectivity index (χ0v) is 24.0. The minimum atomic E-state index is -3.88. The second-order valence-corrected chi connectivity index (χ2v) is 13.4. The number of carbonyl (C=O) groups excluding carboxylic acids is 1. The third kappa shape index (κ3) is 5.86. The normalized spacial score (nSPS) is 25.4. The molecule has 2 bridgehead atoms. The van der Waals surface area contributed by atoms with Crippen molar-refractivity contribution in [3.05, 3.63) is 60.5 Å². The number of hydrogen-bond donors (Lipinski definition) is 1. The number of rotatable bonds is 14. The quantitative estimate of drug-likeness (QED) is 0.172. The average Bonchev–Trinajstić information content (AvgIpc) is 3.35. The number of ether oxygens (including phenoxy) is 2. The molecular weight excluding hydrogens is 594 g/mol. The minimum Gasteiger partial charge on any atom is -0.443 e. The summed E-state index contributed by atoms with van der Waals surface area (Å²) in [4.78, 5) is 55.6. The Morgan fingerprint density at radius 3 is 2.53 bits per heavy atom. The van der Waals surface area contributed by atoms with Crippen LogP contribution in [0.15, 0.2) is 34.1 Å². The number of aryl methyl sites for hydroxylation is 1. The number of aromatic nitrogens is 1. The van der Waals surface area contributed by atoms with E-state index in [0.717, 1.165) is 0 Å². The van der Waals surface area contributed by atoms with Gasteiger partial charge in [0.15, 0.2) is 12.8 Å². The number of sulfonamides is 1. The van der Waals surface area contributed by atoms with Crippen molar-refractivity contribution < 1.29 is 42.5 Å². The Bertz CT molecular complexity index is 1610. The summed E-state index contributed by atoms with van der Waals surface area (Å²) in [7, 11) is -3.88. The molecule has 4 aliphatic rings. The first kappa shape index (κ1) is 30.6. The van der Waals surface area contributed by atoms with Gasteiger partial charge in [-0.3, -0.25) is 14.2 Å². The fraction of sp³-hybridized carbons (Fsp3) is 0.600. The highest BCUT2D eigenvalue weighted by Gasteiger charge is 2.72. The molecule has 3 saturated carbocycles. The van der Waals surface area contributed by atoms with Gasteiger partial charge in [0.2, 0.25) is 10.0 Å². The van der Waals surface area contributed by atoms with Crippen LogP contribution in [0.25, 0.3) is 10.8 Å². The number of fused-ring (bicyclic) bond motifs is 1. The summed E-state index contributed by atoms with van der Waals surface area (Å²) >= 11 is 0. The molecule has 1 aromatic heterocycles. The first-order valence-corrected chi connectivity index (χ1v) is 14.9. The van der Waals surface area contributed by atoms with Gasteiger partial charge in [-0.1, -0.05) is 6.07 Å². The van der Waals surface area contributed by atoms with Gasteiger partial charge in [-0.2, -0.15) is 4.31 Å². The zero-order chi connectivity index (χ0) is 31.2. The predicted molar refractivity (Wildman–Crippen MR) is 145 cm³/mol. The van der Waals surface area contributed by atoms with Gasteiger partial charge in [0.25, 0.3) is 15.7 Å². The number of benzene rings is 1.